The molecule has 0 aliphatic carbocycles. The number of aliphatic hydroxyl groups is 1. The lowest BCUT2D eigenvalue weighted by Gasteiger charge is -2.17. The van der Waals surface area contributed by atoms with Gasteiger partial charge >= 0.3 is 0 Å². The number of aromatic nitrogens is 3. The minimum absolute atomic E-state index is 0.372. The van der Waals surface area contributed by atoms with E-state index >= 15 is 0 Å². The van der Waals surface area contributed by atoms with E-state index in [4.69, 9.17) is 0 Å². The van der Waals surface area contributed by atoms with Gasteiger partial charge in [0.2, 0.25) is 0 Å². The minimum atomic E-state index is -0.372. The van der Waals surface area contributed by atoms with Crippen LogP contribution >= 0.6 is 0 Å². The van der Waals surface area contributed by atoms with Crippen molar-refractivity contribution in [3.63, 3.8) is 0 Å². The number of aryl methyl sites for hydroxylation is 2. The standard InChI is InChI=1S/C10H16N4O/c1-7-12-10(14(2)13-7)4-8-3-9(15)6-11-5-8/h3,9,11,15H,4-6H2,1-2H3. The molecule has 2 N–H and O–H groups in total. The molecule has 2 rings (SSSR count). The minimum Gasteiger partial charge on any atom is -0.388 e. The third-order valence-electron chi connectivity index (χ3n) is 2.48. The Kier molecular flexibility index (Phi) is 2.83. The molecule has 82 valence electrons. The number of nitrogens with one attached hydrogen (secondary N) is 1. The van der Waals surface area contributed by atoms with Gasteiger partial charge in [-0.1, -0.05) is 11.6 Å². The summed E-state index contributed by atoms with van der Waals surface area (Å²) in [5.74, 6) is 1.73. The Bertz CT molecular complexity index is 383. The molecule has 15 heavy (non-hydrogen) atoms. The molecule has 0 spiro atoms. The van der Waals surface area contributed by atoms with E-state index in [1.165, 1.54) is 5.57 Å². The van der Waals surface area contributed by atoms with E-state index in [1.807, 2.05) is 20.0 Å². The predicted molar refractivity (Wildman–Crippen MR) is 56.4 cm³/mol. The summed E-state index contributed by atoms with van der Waals surface area (Å²) < 4.78 is 1.79. The van der Waals surface area contributed by atoms with Crippen LogP contribution in [0.2, 0.25) is 0 Å². The molecule has 5 nitrogen and oxygen atoms in total. The number of aliphatic hydroxyl groups excluding tert-OH is 1. The van der Waals surface area contributed by atoms with E-state index in [0.29, 0.717) is 6.54 Å². The molecule has 0 fully saturated rings. The zero-order chi connectivity index (χ0) is 10.8. The lowest BCUT2D eigenvalue weighted by atomic mass is 10.1. The molecule has 0 radical (unpaired) electrons. The maximum atomic E-state index is 9.45. The third kappa shape index (κ3) is 2.43. The smallest absolute Gasteiger partial charge is 0.147 e. The Labute approximate surface area is 88.8 Å². The van der Waals surface area contributed by atoms with Gasteiger partial charge in [0.25, 0.3) is 0 Å². The summed E-state index contributed by atoms with van der Waals surface area (Å²) in [7, 11) is 1.89. The van der Waals surface area contributed by atoms with Crippen LogP contribution in [0.15, 0.2) is 11.6 Å². The Morgan fingerprint density at radius 3 is 3.07 bits per heavy atom. The summed E-state index contributed by atoms with van der Waals surface area (Å²) in [6.45, 7) is 3.34. The molecule has 1 aromatic heterocycles. The van der Waals surface area contributed by atoms with Gasteiger partial charge in [-0.3, -0.25) is 4.68 Å². The van der Waals surface area contributed by atoms with E-state index in [1.54, 1.807) is 4.68 Å². The van der Waals surface area contributed by atoms with Crippen LogP contribution in [0.5, 0.6) is 0 Å². The van der Waals surface area contributed by atoms with Crippen molar-refractivity contribution in [2.45, 2.75) is 19.4 Å². The van der Waals surface area contributed by atoms with Gasteiger partial charge in [-0.2, -0.15) is 5.10 Å². The SMILES string of the molecule is Cc1nc(CC2=CC(O)CNC2)n(C)n1. The van der Waals surface area contributed by atoms with Crippen molar-refractivity contribution >= 4 is 0 Å². The van der Waals surface area contributed by atoms with Crippen LogP contribution in [-0.4, -0.2) is 39.1 Å². The molecule has 0 saturated carbocycles. The van der Waals surface area contributed by atoms with Crippen molar-refractivity contribution in [2.24, 2.45) is 7.05 Å². The summed E-state index contributed by atoms with van der Waals surface area (Å²) in [6.07, 6.45) is 2.28. The maximum absolute atomic E-state index is 9.45. The fraction of sp³-hybridized carbons (Fsp3) is 0.600. The molecular formula is C10H16N4O. The number of β-amino-alcohol motifs (C(OH)–C–C–N with tert-alkyl or cyclic N) is 1. The van der Waals surface area contributed by atoms with Gasteiger partial charge in [0.05, 0.1) is 6.10 Å². The van der Waals surface area contributed by atoms with E-state index in [0.717, 1.165) is 24.6 Å². The van der Waals surface area contributed by atoms with Crippen LogP contribution in [0.4, 0.5) is 0 Å². The van der Waals surface area contributed by atoms with Crippen LogP contribution in [-0.2, 0) is 13.5 Å². The first-order valence-corrected chi connectivity index (χ1v) is 5.10. The highest BCUT2D eigenvalue weighted by Gasteiger charge is 2.13. The summed E-state index contributed by atoms with van der Waals surface area (Å²) in [6, 6.07) is 0. The molecule has 1 aromatic rings. The Morgan fingerprint density at radius 1 is 1.67 bits per heavy atom. The summed E-state index contributed by atoms with van der Waals surface area (Å²) in [5.41, 5.74) is 1.17. The second-order valence-corrected chi connectivity index (χ2v) is 3.90. The molecule has 1 aliphatic rings. The van der Waals surface area contributed by atoms with Crippen LogP contribution < -0.4 is 5.32 Å². The summed E-state index contributed by atoms with van der Waals surface area (Å²) in [5, 5.41) is 16.8. The zero-order valence-corrected chi connectivity index (χ0v) is 9.06. The Hall–Kier alpha value is -1.20. The largest absolute Gasteiger partial charge is 0.388 e. The molecule has 0 bridgehead atoms. The fourth-order valence-corrected chi connectivity index (χ4v) is 1.81. The third-order valence-corrected chi connectivity index (χ3v) is 2.48. The van der Waals surface area contributed by atoms with E-state index in [9.17, 15) is 5.11 Å². The van der Waals surface area contributed by atoms with Crippen molar-refractivity contribution in [3.8, 4) is 0 Å². The van der Waals surface area contributed by atoms with E-state index in [-0.39, 0.29) is 6.10 Å². The Balaban J connectivity index is 2.11. The van der Waals surface area contributed by atoms with Gasteiger partial charge in [-0.05, 0) is 6.92 Å². The van der Waals surface area contributed by atoms with Gasteiger partial charge in [0, 0.05) is 26.6 Å². The highest BCUT2D eigenvalue weighted by molar-refractivity contribution is 5.16. The highest BCUT2D eigenvalue weighted by Crippen LogP contribution is 2.08. The van der Waals surface area contributed by atoms with Crippen LogP contribution in [0.1, 0.15) is 11.6 Å². The molecule has 0 saturated heterocycles. The number of rotatable bonds is 2. The van der Waals surface area contributed by atoms with Gasteiger partial charge < -0.3 is 10.4 Å². The van der Waals surface area contributed by atoms with Crippen LogP contribution in [0.25, 0.3) is 0 Å². The van der Waals surface area contributed by atoms with Gasteiger partial charge in [-0.25, -0.2) is 4.98 Å². The second-order valence-electron chi connectivity index (χ2n) is 3.90. The van der Waals surface area contributed by atoms with Gasteiger partial charge in [0.15, 0.2) is 0 Å². The quantitative estimate of drug-likeness (QED) is 0.647. The maximum Gasteiger partial charge on any atom is 0.147 e. The van der Waals surface area contributed by atoms with Crippen molar-refractivity contribution in [1.82, 2.24) is 20.1 Å². The first-order chi connectivity index (χ1) is 7.15. The fourth-order valence-electron chi connectivity index (χ4n) is 1.81. The number of nitrogens with zero attached hydrogens (tertiary/aromatic N) is 3. The Morgan fingerprint density at radius 2 is 2.47 bits per heavy atom. The molecule has 2 heterocycles. The number of hydrogen-bond donors (Lipinski definition) is 2. The molecular weight excluding hydrogens is 192 g/mol. The predicted octanol–water partition coefficient (Wildman–Crippen LogP) is -0.443. The van der Waals surface area contributed by atoms with Crippen LogP contribution in [0, 0.1) is 6.92 Å². The molecule has 5 heteroatoms. The topological polar surface area (TPSA) is 63.0 Å². The molecule has 1 unspecified atom stereocenters. The van der Waals surface area contributed by atoms with E-state index in [2.05, 4.69) is 15.4 Å². The lowest BCUT2D eigenvalue weighted by Crippen LogP contribution is -2.33. The summed E-state index contributed by atoms with van der Waals surface area (Å²) >= 11 is 0. The average molecular weight is 208 g/mol. The molecule has 0 aromatic carbocycles. The first kappa shape index (κ1) is 10.3. The highest BCUT2D eigenvalue weighted by atomic mass is 16.3. The second kappa shape index (κ2) is 4.12. The van der Waals surface area contributed by atoms with Crippen molar-refractivity contribution in [3.05, 3.63) is 23.3 Å². The van der Waals surface area contributed by atoms with E-state index < -0.39 is 0 Å². The molecule has 0 amide bonds. The van der Waals surface area contributed by atoms with Crippen LogP contribution in [0.3, 0.4) is 0 Å². The molecule has 1 aliphatic heterocycles. The normalized spacial score (nSPS) is 21.5. The monoisotopic (exact) mass is 208 g/mol. The summed E-state index contributed by atoms with van der Waals surface area (Å²) in [4.78, 5) is 4.33. The first-order valence-electron chi connectivity index (χ1n) is 5.10. The van der Waals surface area contributed by atoms with Crippen molar-refractivity contribution in [1.29, 1.82) is 0 Å². The lowest BCUT2D eigenvalue weighted by molar-refractivity contribution is 0.212. The van der Waals surface area contributed by atoms with Gasteiger partial charge in [-0.15, -0.1) is 0 Å². The molecule has 1 atom stereocenters. The van der Waals surface area contributed by atoms with Gasteiger partial charge in [0.1, 0.15) is 11.6 Å². The zero-order valence-electron chi connectivity index (χ0n) is 9.06. The number of hydrogen-bond acceptors (Lipinski definition) is 4. The van der Waals surface area contributed by atoms with Crippen molar-refractivity contribution in [2.75, 3.05) is 13.1 Å². The van der Waals surface area contributed by atoms with Crippen molar-refractivity contribution < 1.29 is 5.11 Å². The average Bonchev–Trinajstić information content (AvgIpc) is 2.45.